The first-order chi connectivity index (χ1) is 12.6. The lowest BCUT2D eigenvalue weighted by Gasteiger charge is -2.43. The number of halogens is 1. The van der Waals surface area contributed by atoms with Crippen LogP contribution in [0.25, 0.3) is 0 Å². The largest absolute Gasteiger partial charge is 0.459 e. The third-order valence-electron chi connectivity index (χ3n) is 5.26. The van der Waals surface area contributed by atoms with Crippen LogP contribution in [0.1, 0.15) is 45.6 Å². The van der Waals surface area contributed by atoms with E-state index in [2.05, 4.69) is 26.1 Å². The molecule has 1 spiro atoms. The van der Waals surface area contributed by atoms with Crippen molar-refractivity contribution in [2.75, 3.05) is 6.54 Å². The maximum atomic E-state index is 13.6. The van der Waals surface area contributed by atoms with Crippen molar-refractivity contribution in [3.63, 3.8) is 0 Å². The molecule has 0 bridgehead atoms. The fraction of sp³-hybridized carbons (Fsp3) is 0.550. The molecule has 2 aliphatic rings. The second kappa shape index (κ2) is 6.94. The fourth-order valence-electron chi connectivity index (χ4n) is 4.60. The molecule has 2 fully saturated rings. The number of carbonyl (C=O) groups excluding carboxylic acids is 3. The second-order valence-electron chi connectivity index (χ2n) is 8.51. The molecule has 1 aromatic carbocycles. The van der Waals surface area contributed by atoms with Gasteiger partial charge in [-0.15, -0.1) is 0 Å². The average Bonchev–Trinajstić information content (AvgIpc) is 2.75. The van der Waals surface area contributed by atoms with Gasteiger partial charge in [0.25, 0.3) is 5.91 Å². The topological polar surface area (TPSA) is 75.7 Å². The second-order valence-corrected chi connectivity index (χ2v) is 8.51. The molecule has 146 valence electrons. The Hall–Kier alpha value is -2.44. The van der Waals surface area contributed by atoms with E-state index in [1.54, 1.807) is 12.1 Å². The van der Waals surface area contributed by atoms with Crippen molar-refractivity contribution in [2.45, 2.75) is 52.2 Å². The van der Waals surface area contributed by atoms with Crippen molar-refractivity contribution in [1.82, 2.24) is 10.2 Å². The summed E-state index contributed by atoms with van der Waals surface area (Å²) in [6.07, 6.45) is 2.07. The van der Waals surface area contributed by atoms with Gasteiger partial charge < -0.3 is 10.1 Å². The first-order valence-electron chi connectivity index (χ1n) is 9.15. The van der Waals surface area contributed by atoms with Crippen molar-refractivity contribution in [1.29, 1.82) is 0 Å². The summed E-state index contributed by atoms with van der Waals surface area (Å²) < 4.78 is 18.6. The fourth-order valence-corrected chi connectivity index (χ4v) is 4.60. The van der Waals surface area contributed by atoms with Crippen molar-refractivity contribution < 1.29 is 23.5 Å². The van der Waals surface area contributed by atoms with Crippen LogP contribution >= 0.6 is 0 Å². The van der Waals surface area contributed by atoms with Crippen LogP contribution in [0.2, 0.25) is 0 Å². The van der Waals surface area contributed by atoms with Gasteiger partial charge in [0.2, 0.25) is 0 Å². The molecule has 6 nitrogen and oxygen atoms in total. The van der Waals surface area contributed by atoms with Crippen LogP contribution in [0.5, 0.6) is 0 Å². The van der Waals surface area contributed by atoms with Crippen LogP contribution in [0.3, 0.4) is 0 Å². The number of ether oxygens (including phenoxy) is 1. The minimum Gasteiger partial charge on any atom is -0.459 e. The predicted octanol–water partition coefficient (Wildman–Crippen LogP) is 3.01. The Morgan fingerprint density at radius 2 is 2.00 bits per heavy atom. The Morgan fingerprint density at radius 1 is 1.30 bits per heavy atom. The van der Waals surface area contributed by atoms with Crippen molar-refractivity contribution in [2.24, 2.45) is 11.3 Å². The van der Waals surface area contributed by atoms with Crippen LogP contribution in [-0.2, 0) is 20.9 Å². The van der Waals surface area contributed by atoms with Crippen LogP contribution in [0, 0.1) is 17.2 Å². The minimum absolute atomic E-state index is 0.0814. The number of urea groups is 1. The summed E-state index contributed by atoms with van der Waals surface area (Å²) in [5.41, 5.74) is -0.797. The third-order valence-corrected chi connectivity index (χ3v) is 5.26. The Morgan fingerprint density at radius 3 is 2.67 bits per heavy atom. The third kappa shape index (κ3) is 3.96. The minimum atomic E-state index is -0.954. The number of rotatable bonds is 4. The number of benzene rings is 1. The number of amides is 3. The van der Waals surface area contributed by atoms with Gasteiger partial charge in [-0.05, 0) is 36.7 Å². The summed E-state index contributed by atoms with van der Waals surface area (Å²) in [5, 5.41) is 2.81. The van der Waals surface area contributed by atoms with E-state index < -0.39 is 29.9 Å². The molecule has 1 aliphatic carbocycles. The lowest BCUT2D eigenvalue weighted by Crippen LogP contribution is -2.54. The molecule has 3 amide bonds. The van der Waals surface area contributed by atoms with Gasteiger partial charge in [0.15, 0.2) is 0 Å². The van der Waals surface area contributed by atoms with Gasteiger partial charge in [-0.3, -0.25) is 14.5 Å². The summed E-state index contributed by atoms with van der Waals surface area (Å²) >= 11 is 0. The molecular weight excluding hydrogens is 351 g/mol. The van der Waals surface area contributed by atoms with Crippen LogP contribution in [-0.4, -0.2) is 34.9 Å². The van der Waals surface area contributed by atoms with Gasteiger partial charge in [-0.25, -0.2) is 9.18 Å². The number of nitrogens with zero attached hydrogens (tertiary/aromatic N) is 1. The highest BCUT2D eigenvalue weighted by molar-refractivity contribution is 6.08. The standard InChI is InChI=1S/C20H25FN2O4/c1-13-8-19(2,3)12-20(9-13)17(25)23(18(26)22-20)10-16(24)27-11-14-6-4-5-7-15(14)21/h4-7,13H,8-12H2,1-3H3,(H,22,26)/t13-,20-/m1/s1. The molecule has 1 aliphatic heterocycles. The molecule has 0 radical (unpaired) electrons. The van der Waals surface area contributed by atoms with Crippen molar-refractivity contribution in [3.8, 4) is 0 Å². The van der Waals surface area contributed by atoms with Gasteiger partial charge in [0, 0.05) is 5.56 Å². The average molecular weight is 376 g/mol. The SMILES string of the molecule is C[C@@H]1CC(C)(C)C[C@@]2(C1)NC(=O)N(CC(=O)OCc1ccccc1F)C2=O. The quantitative estimate of drug-likeness (QED) is 0.647. The smallest absolute Gasteiger partial charge is 0.326 e. The molecule has 7 heteroatoms. The van der Waals surface area contributed by atoms with E-state index in [9.17, 15) is 18.8 Å². The Kier molecular flexibility index (Phi) is 4.97. The first kappa shape index (κ1) is 19.3. The number of carbonyl (C=O) groups is 3. The summed E-state index contributed by atoms with van der Waals surface area (Å²) in [7, 11) is 0. The zero-order valence-corrected chi connectivity index (χ0v) is 15.9. The summed E-state index contributed by atoms with van der Waals surface area (Å²) in [5.74, 6) is -1.32. The molecule has 1 saturated heterocycles. The molecule has 2 atom stereocenters. The lowest BCUT2D eigenvalue weighted by atomic mass is 9.64. The summed E-state index contributed by atoms with van der Waals surface area (Å²) in [6.45, 7) is 5.50. The Balaban J connectivity index is 1.65. The number of hydrogen-bond donors (Lipinski definition) is 1. The normalized spacial score (nSPS) is 27.0. The van der Waals surface area contributed by atoms with Gasteiger partial charge in [-0.1, -0.05) is 39.0 Å². The lowest BCUT2D eigenvalue weighted by molar-refractivity contribution is -0.149. The molecular formula is C20H25FN2O4. The molecule has 0 aromatic heterocycles. The van der Waals surface area contributed by atoms with E-state index in [-0.39, 0.29) is 29.4 Å². The van der Waals surface area contributed by atoms with Gasteiger partial charge in [-0.2, -0.15) is 0 Å². The maximum absolute atomic E-state index is 13.6. The zero-order chi connectivity index (χ0) is 19.8. The van der Waals surface area contributed by atoms with E-state index in [1.807, 2.05) is 0 Å². The van der Waals surface area contributed by atoms with Gasteiger partial charge in [0.1, 0.15) is 24.5 Å². The summed E-state index contributed by atoms with van der Waals surface area (Å²) in [6, 6.07) is 5.39. The maximum Gasteiger partial charge on any atom is 0.326 e. The first-order valence-corrected chi connectivity index (χ1v) is 9.15. The summed E-state index contributed by atoms with van der Waals surface area (Å²) in [4.78, 5) is 38.4. The monoisotopic (exact) mass is 376 g/mol. The molecule has 1 saturated carbocycles. The highest BCUT2D eigenvalue weighted by atomic mass is 19.1. The zero-order valence-electron chi connectivity index (χ0n) is 15.9. The van der Waals surface area contributed by atoms with E-state index in [1.165, 1.54) is 12.1 Å². The highest BCUT2D eigenvalue weighted by Crippen LogP contribution is 2.46. The van der Waals surface area contributed by atoms with E-state index >= 15 is 0 Å². The molecule has 1 N–H and O–H groups in total. The van der Waals surface area contributed by atoms with Gasteiger partial charge in [0.05, 0.1) is 0 Å². The predicted molar refractivity (Wildman–Crippen MR) is 96.0 cm³/mol. The number of imide groups is 1. The number of hydrogen-bond acceptors (Lipinski definition) is 4. The van der Waals surface area contributed by atoms with Crippen LogP contribution < -0.4 is 5.32 Å². The van der Waals surface area contributed by atoms with Crippen LogP contribution in [0.15, 0.2) is 24.3 Å². The molecule has 1 heterocycles. The van der Waals surface area contributed by atoms with Crippen LogP contribution in [0.4, 0.5) is 9.18 Å². The molecule has 1 aromatic rings. The Bertz CT molecular complexity index is 779. The van der Waals surface area contributed by atoms with E-state index in [0.717, 1.165) is 11.3 Å². The highest BCUT2D eigenvalue weighted by Gasteiger charge is 2.56. The molecule has 27 heavy (non-hydrogen) atoms. The molecule has 0 unspecified atom stereocenters. The number of nitrogens with one attached hydrogen (secondary N) is 1. The van der Waals surface area contributed by atoms with E-state index in [0.29, 0.717) is 12.8 Å². The van der Waals surface area contributed by atoms with Gasteiger partial charge >= 0.3 is 12.0 Å². The van der Waals surface area contributed by atoms with E-state index in [4.69, 9.17) is 4.74 Å². The van der Waals surface area contributed by atoms with Crippen molar-refractivity contribution >= 4 is 17.9 Å². The van der Waals surface area contributed by atoms with Crippen molar-refractivity contribution in [3.05, 3.63) is 35.6 Å². The Labute approximate surface area is 158 Å². The molecule has 3 rings (SSSR count). The number of esters is 1.